The van der Waals surface area contributed by atoms with Crippen LogP contribution in [-0.2, 0) is 14.4 Å². The molecule has 8 nitrogen and oxygen atoms in total. The van der Waals surface area contributed by atoms with Gasteiger partial charge in [0.25, 0.3) is 0 Å². The molecule has 3 rings (SSSR count). The third kappa shape index (κ3) is 8.28. The topological polar surface area (TPSA) is 76.2 Å². The Bertz CT molecular complexity index is 1110. The van der Waals surface area contributed by atoms with Gasteiger partial charge in [0.2, 0.25) is 17.7 Å². The minimum atomic E-state index is -0.637. The number of anilines is 1. The number of likely N-dealkylation sites (tertiary alicyclic amines) is 1. The molecule has 0 bridgehead atoms. The molecule has 0 spiro atoms. The van der Waals surface area contributed by atoms with E-state index in [1.165, 1.54) is 0 Å². The van der Waals surface area contributed by atoms with Crippen LogP contribution in [0.2, 0.25) is 5.02 Å². The van der Waals surface area contributed by atoms with Crippen molar-refractivity contribution in [3.63, 3.8) is 0 Å². The third-order valence-corrected chi connectivity index (χ3v) is 9.06. The molecule has 2 saturated heterocycles. The van der Waals surface area contributed by atoms with E-state index in [4.69, 9.17) is 11.6 Å². The molecule has 1 aromatic rings. The van der Waals surface area contributed by atoms with Crippen molar-refractivity contribution < 1.29 is 14.4 Å². The maximum absolute atomic E-state index is 13.9. The van der Waals surface area contributed by atoms with Gasteiger partial charge in [-0.05, 0) is 64.1 Å². The molecule has 3 atom stereocenters. The number of benzene rings is 1. The summed E-state index contributed by atoms with van der Waals surface area (Å²) in [6.07, 6.45) is 4.84. The first-order valence-electron chi connectivity index (χ1n) is 15.6. The number of carbonyl (C=O) groups is 3. The zero-order chi connectivity index (χ0) is 31.1. The molecule has 234 valence electrons. The number of para-hydroxylation sites is 1. The fourth-order valence-corrected chi connectivity index (χ4v) is 6.43. The number of hydrogen-bond donors (Lipinski definition) is 1. The van der Waals surface area contributed by atoms with Crippen molar-refractivity contribution in [2.24, 2.45) is 11.8 Å². The third-order valence-electron chi connectivity index (χ3n) is 8.74. The molecular formula is C33H52ClN5O3. The van der Waals surface area contributed by atoms with E-state index in [9.17, 15) is 14.4 Å². The maximum atomic E-state index is 13.9. The lowest BCUT2D eigenvalue weighted by atomic mass is 9.95. The van der Waals surface area contributed by atoms with Crippen molar-refractivity contribution in [3.8, 4) is 0 Å². The second-order valence-corrected chi connectivity index (χ2v) is 13.2. The summed E-state index contributed by atoms with van der Waals surface area (Å²) < 4.78 is 0. The smallest absolute Gasteiger partial charge is 0.249 e. The maximum Gasteiger partial charge on any atom is 0.249 e. The first-order valence-corrected chi connectivity index (χ1v) is 16.0. The largest absolute Gasteiger partial charge is 0.367 e. The van der Waals surface area contributed by atoms with Gasteiger partial charge >= 0.3 is 0 Å². The summed E-state index contributed by atoms with van der Waals surface area (Å²) in [4.78, 5) is 48.8. The summed E-state index contributed by atoms with van der Waals surface area (Å²) in [5, 5.41) is 3.83. The monoisotopic (exact) mass is 601 g/mol. The SMILES string of the molecule is C/C(=C\[C@H](C(C)C)N(C)C(=O)[C@@H](NC(=O)[C@H]1CCCCN1C(C)C)C(C)C)C(=O)N1CCN(c2ccccc2Cl)CC1. The number of nitrogens with one attached hydrogen (secondary N) is 1. The summed E-state index contributed by atoms with van der Waals surface area (Å²) in [5.41, 5.74) is 1.62. The second kappa shape index (κ2) is 15.2. The molecule has 0 aromatic heterocycles. The van der Waals surface area contributed by atoms with Crippen LogP contribution >= 0.6 is 11.6 Å². The Morgan fingerprint density at radius 2 is 1.60 bits per heavy atom. The number of carbonyl (C=O) groups excluding carboxylic acids is 3. The van der Waals surface area contributed by atoms with E-state index in [0.29, 0.717) is 36.8 Å². The van der Waals surface area contributed by atoms with Gasteiger partial charge in [-0.25, -0.2) is 0 Å². The molecule has 0 aliphatic carbocycles. The van der Waals surface area contributed by atoms with Crippen LogP contribution in [0.4, 0.5) is 5.69 Å². The number of rotatable bonds is 10. The Morgan fingerprint density at radius 3 is 2.17 bits per heavy atom. The minimum Gasteiger partial charge on any atom is -0.367 e. The Balaban J connectivity index is 1.68. The average molecular weight is 602 g/mol. The summed E-state index contributed by atoms with van der Waals surface area (Å²) in [6, 6.07) is 6.92. The van der Waals surface area contributed by atoms with Crippen molar-refractivity contribution in [3.05, 3.63) is 40.9 Å². The van der Waals surface area contributed by atoms with Crippen LogP contribution in [0, 0.1) is 11.8 Å². The highest BCUT2D eigenvalue weighted by molar-refractivity contribution is 6.33. The number of nitrogens with zero attached hydrogens (tertiary/aromatic N) is 4. The van der Waals surface area contributed by atoms with Crippen molar-refractivity contribution in [2.45, 2.75) is 91.9 Å². The van der Waals surface area contributed by atoms with Crippen LogP contribution < -0.4 is 10.2 Å². The highest BCUT2D eigenvalue weighted by atomic mass is 35.5. The summed E-state index contributed by atoms with van der Waals surface area (Å²) >= 11 is 6.39. The summed E-state index contributed by atoms with van der Waals surface area (Å²) in [5.74, 6) is -0.206. The van der Waals surface area contributed by atoms with Gasteiger partial charge in [0.1, 0.15) is 6.04 Å². The molecule has 0 unspecified atom stereocenters. The Kier molecular flexibility index (Phi) is 12.3. The van der Waals surface area contributed by atoms with E-state index >= 15 is 0 Å². The lowest BCUT2D eigenvalue weighted by Crippen LogP contribution is -2.58. The van der Waals surface area contributed by atoms with Crippen LogP contribution in [0.15, 0.2) is 35.9 Å². The number of amides is 3. The van der Waals surface area contributed by atoms with Gasteiger partial charge in [-0.1, -0.05) is 63.9 Å². The van der Waals surface area contributed by atoms with Crippen molar-refractivity contribution in [1.29, 1.82) is 0 Å². The summed E-state index contributed by atoms with van der Waals surface area (Å²) in [7, 11) is 1.78. The number of likely N-dealkylation sites (N-methyl/N-ethyl adjacent to an activating group) is 1. The lowest BCUT2D eigenvalue weighted by Gasteiger charge is -2.39. The van der Waals surface area contributed by atoms with Gasteiger partial charge in [-0.3, -0.25) is 19.3 Å². The Labute approximate surface area is 258 Å². The van der Waals surface area contributed by atoms with E-state index < -0.39 is 6.04 Å². The van der Waals surface area contributed by atoms with Gasteiger partial charge in [0.15, 0.2) is 0 Å². The van der Waals surface area contributed by atoms with E-state index in [-0.39, 0.29) is 47.7 Å². The highest BCUT2D eigenvalue weighted by Gasteiger charge is 2.36. The standard InChI is InChI=1S/C33H52ClN5O3/c1-22(2)29(21-25(7)32(41)38-19-17-37(18-20-38)27-14-10-9-13-26(27)34)36(8)33(42)30(23(3)4)35-31(40)28-15-11-12-16-39(28)24(5)6/h9-10,13-14,21-24,28-30H,11-12,15-20H2,1-8H3,(H,35,40)/b25-21+/t28-,29-,30+/m1/s1. The van der Waals surface area contributed by atoms with Gasteiger partial charge in [-0.2, -0.15) is 0 Å². The molecule has 9 heteroatoms. The number of halogens is 1. The zero-order valence-electron chi connectivity index (χ0n) is 26.9. The molecular weight excluding hydrogens is 550 g/mol. The van der Waals surface area contributed by atoms with E-state index in [0.717, 1.165) is 31.5 Å². The van der Waals surface area contributed by atoms with Gasteiger partial charge < -0.3 is 20.0 Å². The van der Waals surface area contributed by atoms with Crippen LogP contribution in [0.5, 0.6) is 0 Å². The molecule has 42 heavy (non-hydrogen) atoms. The molecule has 0 saturated carbocycles. The lowest BCUT2D eigenvalue weighted by molar-refractivity contribution is -0.140. The van der Waals surface area contributed by atoms with Crippen molar-refractivity contribution in [2.75, 3.05) is 44.7 Å². The first-order chi connectivity index (χ1) is 19.8. The van der Waals surface area contributed by atoms with Crippen LogP contribution in [-0.4, -0.2) is 96.4 Å². The summed E-state index contributed by atoms with van der Waals surface area (Å²) in [6.45, 7) is 17.6. The molecule has 1 aromatic carbocycles. The molecule has 2 aliphatic heterocycles. The van der Waals surface area contributed by atoms with Crippen molar-refractivity contribution in [1.82, 2.24) is 20.0 Å². The second-order valence-electron chi connectivity index (χ2n) is 12.8. The minimum absolute atomic E-state index is 0.0138. The highest BCUT2D eigenvalue weighted by Crippen LogP contribution is 2.27. The van der Waals surface area contributed by atoms with E-state index in [2.05, 4.69) is 42.8 Å². The predicted molar refractivity (Wildman–Crippen MR) is 172 cm³/mol. The normalized spacial score (nSPS) is 20.2. The molecule has 0 radical (unpaired) electrons. The fourth-order valence-electron chi connectivity index (χ4n) is 6.17. The van der Waals surface area contributed by atoms with E-state index in [1.807, 2.05) is 56.0 Å². The van der Waals surface area contributed by atoms with Crippen LogP contribution in [0.1, 0.15) is 67.7 Å². The Hall–Kier alpha value is -2.58. The zero-order valence-corrected chi connectivity index (χ0v) is 27.7. The quantitative estimate of drug-likeness (QED) is 0.389. The molecule has 2 fully saturated rings. The molecule has 1 N–H and O–H groups in total. The van der Waals surface area contributed by atoms with Crippen LogP contribution in [0.3, 0.4) is 0 Å². The number of piperazine rings is 1. The number of hydrogen-bond acceptors (Lipinski definition) is 5. The van der Waals surface area contributed by atoms with Gasteiger partial charge in [0.05, 0.1) is 22.8 Å². The van der Waals surface area contributed by atoms with Crippen LogP contribution in [0.25, 0.3) is 0 Å². The average Bonchev–Trinajstić information content (AvgIpc) is 2.97. The van der Waals surface area contributed by atoms with Crippen molar-refractivity contribution >= 4 is 35.0 Å². The first kappa shape index (κ1) is 33.9. The van der Waals surface area contributed by atoms with Gasteiger partial charge in [-0.15, -0.1) is 0 Å². The van der Waals surface area contributed by atoms with Gasteiger partial charge in [0, 0.05) is 44.8 Å². The Morgan fingerprint density at radius 1 is 0.952 bits per heavy atom. The fraction of sp³-hybridized carbons (Fsp3) is 0.667. The molecule has 2 heterocycles. The predicted octanol–water partition coefficient (Wildman–Crippen LogP) is 4.82. The van der Waals surface area contributed by atoms with E-state index in [1.54, 1.807) is 11.9 Å². The molecule has 3 amide bonds. The number of piperidine rings is 1. The molecule has 2 aliphatic rings.